The van der Waals surface area contributed by atoms with Gasteiger partial charge in [0.25, 0.3) is 5.91 Å². The Morgan fingerprint density at radius 2 is 1.79 bits per heavy atom. The zero-order valence-electron chi connectivity index (χ0n) is 16.3. The molecule has 5 heteroatoms. The lowest BCUT2D eigenvalue weighted by Gasteiger charge is -2.11. The number of furan rings is 1. The summed E-state index contributed by atoms with van der Waals surface area (Å²) < 4.78 is 11.3. The molecule has 0 fully saturated rings. The molecule has 0 saturated heterocycles. The number of para-hydroxylation sites is 1. The van der Waals surface area contributed by atoms with Crippen LogP contribution in [0.15, 0.2) is 59.0 Å². The summed E-state index contributed by atoms with van der Waals surface area (Å²) in [5, 5.41) is 0.998. The molecule has 0 atom stereocenters. The van der Waals surface area contributed by atoms with Crippen LogP contribution in [0.5, 0.6) is 5.75 Å². The van der Waals surface area contributed by atoms with Gasteiger partial charge in [-0.2, -0.15) is 0 Å². The Labute approximate surface area is 164 Å². The number of rotatable bonds is 7. The third kappa shape index (κ3) is 4.31. The second-order valence-electron chi connectivity index (χ2n) is 6.59. The monoisotopic (exact) mass is 377 g/mol. The lowest BCUT2D eigenvalue weighted by Crippen LogP contribution is -2.27. The first-order chi connectivity index (χ1) is 13.5. The van der Waals surface area contributed by atoms with Crippen molar-refractivity contribution in [3.05, 3.63) is 71.5 Å². The van der Waals surface area contributed by atoms with Crippen LogP contribution in [-0.2, 0) is 11.2 Å². The second kappa shape index (κ2) is 8.57. The number of likely N-dealkylation sites (N-methyl/N-ethyl adjacent to an activating group) is 1. The van der Waals surface area contributed by atoms with Crippen LogP contribution in [-0.4, -0.2) is 37.3 Å². The molecule has 0 bridgehead atoms. The maximum atomic E-state index is 12.5. The average molecular weight is 377 g/mol. The maximum absolute atomic E-state index is 12.5. The first-order valence-corrected chi connectivity index (χ1v) is 9.15. The molecule has 1 heterocycles. The van der Waals surface area contributed by atoms with Crippen molar-refractivity contribution in [1.82, 2.24) is 4.90 Å². The highest BCUT2D eigenvalue weighted by molar-refractivity contribution is 6.07. The lowest BCUT2D eigenvalue weighted by molar-refractivity contribution is -0.130. The minimum absolute atomic E-state index is 0.0342. The molecule has 0 spiro atoms. The van der Waals surface area contributed by atoms with Crippen LogP contribution in [0.1, 0.15) is 28.6 Å². The molecular weight excluding hydrogens is 354 g/mol. The predicted octanol–water partition coefficient (Wildman–Crippen LogP) is 4.36. The number of ether oxygens (including phenoxy) is 1. The van der Waals surface area contributed by atoms with E-state index >= 15 is 0 Å². The molecule has 0 N–H and O–H groups in total. The minimum Gasteiger partial charge on any atom is -0.484 e. The number of aryl methyl sites for hydroxylation is 1. The normalized spacial score (nSPS) is 11.1. The van der Waals surface area contributed by atoms with E-state index in [9.17, 15) is 9.59 Å². The summed E-state index contributed by atoms with van der Waals surface area (Å²) in [6.07, 6.45) is 4.12. The highest BCUT2D eigenvalue weighted by Crippen LogP contribution is 2.27. The summed E-state index contributed by atoms with van der Waals surface area (Å²) in [5.74, 6) is 1.18. The quantitative estimate of drug-likeness (QED) is 0.453. The van der Waals surface area contributed by atoms with Gasteiger partial charge in [-0.15, -0.1) is 0 Å². The van der Waals surface area contributed by atoms with Crippen molar-refractivity contribution in [3.8, 4) is 5.75 Å². The Kier molecular flexibility index (Phi) is 5.94. The molecule has 144 valence electrons. The van der Waals surface area contributed by atoms with E-state index in [1.54, 1.807) is 44.4 Å². The van der Waals surface area contributed by atoms with Crippen molar-refractivity contribution in [2.45, 2.75) is 13.3 Å². The Bertz CT molecular complexity index is 1010. The molecule has 0 radical (unpaired) electrons. The number of benzene rings is 2. The number of allylic oxidation sites excluding steroid dienone is 1. The molecule has 2 aromatic carbocycles. The van der Waals surface area contributed by atoms with Gasteiger partial charge < -0.3 is 14.1 Å². The first kappa shape index (κ1) is 19.4. The zero-order valence-corrected chi connectivity index (χ0v) is 16.3. The summed E-state index contributed by atoms with van der Waals surface area (Å²) in [6, 6.07) is 14.6. The Morgan fingerprint density at radius 1 is 1.07 bits per heavy atom. The van der Waals surface area contributed by atoms with E-state index in [4.69, 9.17) is 9.15 Å². The molecule has 28 heavy (non-hydrogen) atoms. The number of carbonyl (C=O) groups is 2. The fourth-order valence-corrected chi connectivity index (χ4v) is 2.81. The van der Waals surface area contributed by atoms with E-state index in [0.717, 1.165) is 28.7 Å². The standard InChI is InChI=1S/C23H23NO4/c1-4-21-19(18-7-5-6-8-22(18)28-21)13-14-20(25)16-9-11-17(12-10-16)27-15-23(26)24(2)3/h5-14H,4,15H2,1-3H3/b14-13+. The summed E-state index contributed by atoms with van der Waals surface area (Å²) in [4.78, 5) is 25.6. The smallest absolute Gasteiger partial charge is 0.259 e. The van der Waals surface area contributed by atoms with Gasteiger partial charge in [-0.25, -0.2) is 0 Å². The summed E-state index contributed by atoms with van der Waals surface area (Å²) in [6.45, 7) is 1.99. The minimum atomic E-state index is -0.123. The Balaban J connectivity index is 1.72. The van der Waals surface area contributed by atoms with Crippen molar-refractivity contribution in [1.29, 1.82) is 0 Å². The predicted molar refractivity (Wildman–Crippen MR) is 110 cm³/mol. The number of carbonyl (C=O) groups excluding carboxylic acids is 2. The van der Waals surface area contributed by atoms with Crippen molar-refractivity contribution >= 4 is 28.7 Å². The number of fused-ring (bicyclic) bond motifs is 1. The van der Waals surface area contributed by atoms with Crippen molar-refractivity contribution in [2.75, 3.05) is 20.7 Å². The summed E-state index contributed by atoms with van der Waals surface area (Å²) in [7, 11) is 3.35. The van der Waals surface area contributed by atoms with E-state index in [1.807, 2.05) is 37.3 Å². The van der Waals surface area contributed by atoms with Crippen LogP contribution in [0.4, 0.5) is 0 Å². The second-order valence-corrected chi connectivity index (χ2v) is 6.59. The Morgan fingerprint density at radius 3 is 2.46 bits per heavy atom. The maximum Gasteiger partial charge on any atom is 0.259 e. The third-order valence-electron chi connectivity index (χ3n) is 4.43. The first-order valence-electron chi connectivity index (χ1n) is 9.15. The molecule has 3 aromatic rings. The average Bonchev–Trinajstić information content (AvgIpc) is 3.08. The SMILES string of the molecule is CCc1oc2ccccc2c1/C=C/C(=O)c1ccc(OCC(=O)N(C)C)cc1. The third-order valence-corrected chi connectivity index (χ3v) is 4.43. The highest BCUT2D eigenvalue weighted by Gasteiger charge is 2.11. The molecule has 1 aromatic heterocycles. The largest absolute Gasteiger partial charge is 0.484 e. The van der Waals surface area contributed by atoms with Gasteiger partial charge in [0, 0.05) is 37.0 Å². The van der Waals surface area contributed by atoms with E-state index in [1.165, 1.54) is 4.90 Å². The van der Waals surface area contributed by atoms with Gasteiger partial charge in [0.2, 0.25) is 0 Å². The van der Waals surface area contributed by atoms with Gasteiger partial charge >= 0.3 is 0 Å². The molecule has 1 amide bonds. The molecule has 0 aliphatic rings. The van der Waals surface area contributed by atoms with E-state index in [-0.39, 0.29) is 18.3 Å². The van der Waals surface area contributed by atoms with Crippen LogP contribution >= 0.6 is 0 Å². The number of hydrogen-bond donors (Lipinski definition) is 0. The topological polar surface area (TPSA) is 59.8 Å². The molecule has 5 nitrogen and oxygen atoms in total. The number of ketones is 1. The van der Waals surface area contributed by atoms with Crippen molar-refractivity contribution < 1.29 is 18.7 Å². The number of amides is 1. The Hall–Kier alpha value is -3.34. The van der Waals surface area contributed by atoms with Gasteiger partial charge in [-0.1, -0.05) is 25.1 Å². The van der Waals surface area contributed by atoms with Gasteiger partial charge in [-0.3, -0.25) is 9.59 Å². The number of hydrogen-bond acceptors (Lipinski definition) is 4. The van der Waals surface area contributed by atoms with Crippen LogP contribution < -0.4 is 4.74 Å². The molecule has 0 aliphatic heterocycles. The van der Waals surface area contributed by atoms with Crippen LogP contribution in [0.25, 0.3) is 17.0 Å². The van der Waals surface area contributed by atoms with E-state index in [0.29, 0.717) is 11.3 Å². The van der Waals surface area contributed by atoms with Crippen LogP contribution in [0, 0.1) is 0 Å². The lowest BCUT2D eigenvalue weighted by atomic mass is 10.1. The van der Waals surface area contributed by atoms with Crippen LogP contribution in [0.2, 0.25) is 0 Å². The van der Waals surface area contributed by atoms with Gasteiger partial charge in [0.15, 0.2) is 12.4 Å². The molecule has 0 unspecified atom stereocenters. The van der Waals surface area contributed by atoms with Crippen molar-refractivity contribution in [2.24, 2.45) is 0 Å². The summed E-state index contributed by atoms with van der Waals surface area (Å²) in [5.41, 5.74) is 2.31. The fraction of sp³-hybridized carbons (Fsp3) is 0.217. The fourth-order valence-electron chi connectivity index (χ4n) is 2.81. The zero-order chi connectivity index (χ0) is 20.1. The molecule has 3 rings (SSSR count). The van der Waals surface area contributed by atoms with Crippen LogP contribution in [0.3, 0.4) is 0 Å². The molecular formula is C23H23NO4. The van der Waals surface area contributed by atoms with E-state index in [2.05, 4.69) is 0 Å². The van der Waals surface area contributed by atoms with Gasteiger partial charge in [0.1, 0.15) is 17.1 Å². The van der Waals surface area contributed by atoms with E-state index < -0.39 is 0 Å². The molecule has 0 saturated carbocycles. The number of nitrogens with zero attached hydrogens (tertiary/aromatic N) is 1. The molecule has 0 aliphatic carbocycles. The summed E-state index contributed by atoms with van der Waals surface area (Å²) >= 11 is 0. The van der Waals surface area contributed by atoms with Gasteiger partial charge in [0.05, 0.1) is 0 Å². The highest BCUT2D eigenvalue weighted by atomic mass is 16.5. The van der Waals surface area contributed by atoms with Crippen molar-refractivity contribution in [3.63, 3.8) is 0 Å². The van der Waals surface area contributed by atoms with Gasteiger partial charge in [-0.05, 0) is 42.5 Å².